The number of carbonyl (C=O) groups excluding carboxylic acids is 2. The Hall–Kier alpha value is -3.71. The number of fused-ring (bicyclic) bond motifs is 2. The molecule has 4 aromatic rings. The van der Waals surface area contributed by atoms with Crippen LogP contribution in [0.5, 0.6) is 0 Å². The van der Waals surface area contributed by atoms with Gasteiger partial charge in [0, 0.05) is 22.8 Å². The number of β-lactam (4-membered cyclic amide) rings is 1. The highest BCUT2D eigenvalue weighted by Crippen LogP contribution is 2.42. The Kier molecular flexibility index (Phi) is 7.56. The van der Waals surface area contributed by atoms with Crippen LogP contribution >= 0.6 is 23.5 Å². The quantitative estimate of drug-likeness (QED) is 0.137. The summed E-state index contributed by atoms with van der Waals surface area (Å²) >= 11 is 3.01. The SMILES string of the molecule is Cc1nc2nc(CO)nn2c(SCC2=C(C(=O)OC(c3ccccc3)c3ccccc3)N3C(=O)C(N)[C@@H]3SC2)c1C. The van der Waals surface area contributed by atoms with Crippen molar-refractivity contribution in [3.63, 3.8) is 0 Å². The molecular weight excluding hydrogens is 560 g/mol. The summed E-state index contributed by atoms with van der Waals surface area (Å²) in [6, 6.07) is 18.4. The molecule has 0 spiro atoms. The van der Waals surface area contributed by atoms with Gasteiger partial charge in [0.15, 0.2) is 11.9 Å². The third kappa shape index (κ3) is 5.01. The Balaban J connectivity index is 1.36. The van der Waals surface area contributed by atoms with Crippen molar-refractivity contribution in [1.29, 1.82) is 0 Å². The van der Waals surface area contributed by atoms with E-state index in [9.17, 15) is 14.7 Å². The molecule has 2 atom stereocenters. The van der Waals surface area contributed by atoms with Gasteiger partial charge in [0.1, 0.15) is 28.7 Å². The molecule has 0 saturated carbocycles. The lowest BCUT2D eigenvalue weighted by molar-refractivity contribution is -0.153. The summed E-state index contributed by atoms with van der Waals surface area (Å²) in [6.07, 6.45) is -0.652. The molecule has 2 aliphatic heterocycles. The van der Waals surface area contributed by atoms with E-state index < -0.39 is 18.1 Å². The highest BCUT2D eigenvalue weighted by molar-refractivity contribution is 8.01. The van der Waals surface area contributed by atoms with Gasteiger partial charge in [-0.15, -0.1) is 28.6 Å². The van der Waals surface area contributed by atoms with E-state index in [0.717, 1.165) is 33.0 Å². The number of esters is 1. The molecule has 0 bridgehead atoms. The third-order valence-corrected chi connectivity index (χ3v) is 9.80. The molecule has 2 aliphatic rings. The molecule has 2 aromatic heterocycles. The summed E-state index contributed by atoms with van der Waals surface area (Å²) in [4.78, 5) is 37.2. The van der Waals surface area contributed by atoms with Gasteiger partial charge >= 0.3 is 5.97 Å². The minimum atomic E-state index is -0.659. The van der Waals surface area contributed by atoms with Crippen LogP contribution < -0.4 is 5.73 Å². The Bertz CT molecular complexity index is 1620. The zero-order valence-corrected chi connectivity index (χ0v) is 24.1. The van der Waals surface area contributed by atoms with Crippen LogP contribution in [0.25, 0.3) is 5.78 Å². The first kappa shape index (κ1) is 27.5. The molecule has 1 amide bonds. The lowest BCUT2D eigenvalue weighted by atomic mass is 10.0. The molecule has 2 aromatic carbocycles. The monoisotopic (exact) mass is 588 g/mol. The van der Waals surface area contributed by atoms with Gasteiger partial charge in [0.05, 0.1) is 0 Å². The van der Waals surface area contributed by atoms with Gasteiger partial charge in [-0.25, -0.2) is 9.78 Å². The van der Waals surface area contributed by atoms with Gasteiger partial charge in [-0.3, -0.25) is 9.69 Å². The summed E-state index contributed by atoms with van der Waals surface area (Å²) in [5.41, 5.74) is 10.5. The van der Waals surface area contributed by atoms with E-state index in [2.05, 4.69) is 15.1 Å². The zero-order valence-electron chi connectivity index (χ0n) is 22.4. The van der Waals surface area contributed by atoms with Gasteiger partial charge in [-0.1, -0.05) is 60.7 Å². The number of amides is 1. The van der Waals surface area contributed by atoms with Crippen LogP contribution in [0.15, 0.2) is 77.0 Å². The van der Waals surface area contributed by atoms with Crippen molar-refractivity contribution in [1.82, 2.24) is 24.5 Å². The second kappa shape index (κ2) is 11.3. The molecule has 210 valence electrons. The van der Waals surface area contributed by atoms with Crippen molar-refractivity contribution in [2.24, 2.45) is 5.73 Å². The predicted octanol–water partition coefficient (Wildman–Crippen LogP) is 3.15. The number of aryl methyl sites for hydroxylation is 1. The maximum atomic E-state index is 14.0. The Morgan fingerprint density at radius 1 is 1.12 bits per heavy atom. The number of nitrogens with zero attached hydrogens (tertiary/aromatic N) is 5. The molecule has 0 radical (unpaired) electrons. The topological polar surface area (TPSA) is 136 Å². The van der Waals surface area contributed by atoms with E-state index >= 15 is 0 Å². The number of rotatable bonds is 8. The lowest BCUT2D eigenvalue weighted by Crippen LogP contribution is -2.68. The number of ether oxygens (including phenoxy) is 1. The van der Waals surface area contributed by atoms with E-state index in [1.165, 1.54) is 16.7 Å². The van der Waals surface area contributed by atoms with Crippen LogP contribution in [0.2, 0.25) is 0 Å². The average molecular weight is 589 g/mol. The van der Waals surface area contributed by atoms with E-state index in [0.29, 0.717) is 17.3 Å². The molecule has 1 saturated heterocycles. The summed E-state index contributed by atoms with van der Waals surface area (Å²) in [7, 11) is 0. The van der Waals surface area contributed by atoms with Crippen molar-refractivity contribution in [3.05, 3.63) is 100 Å². The number of thioether (sulfide) groups is 2. The minimum absolute atomic E-state index is 0.249. The minimum Gasteiger partial charge on any atom is -0.448 e. The standard InChI is InChI=1S/C29H28N6O4S2/c1-16-17(2)31-29-32-21(13-36)33-35(29)26(16)40-14-20-15-41-27-22(30)25(37)34(27)23(20)28(38)39-24(18-9-5-3-6-10-18)19-11-7-4-8-12-19/h3-12,22,24,27,36H,13-15,30H2,1-2H3/t22?,27-/m0/s1. The first-order valence-corrected chi connectivity index (χ1v) is 15.1. The molecule has 4 heterocycles. The molecular formula is C29H28N6O4S2. The Morgan fingerprint density at radius 2 is 1.78 bits per heavy atom. The van der Waals surface area contributed by atoms with Crippen molar-refractivity contribution in [3.8, 4) is 0 Å². The summed E-state index contributed by atoms with van der Waals surface area (Å²) in [6.45, 7) is 3.54. The van der Waals surface area contributed by atoms with Gasteiger partial charge in [0.25, 0.3) is 5.78 Å². The van der Waals surface area contributed by atoms with Crippen LogP contribution in [0.3, 0.4) is 0 Å². The first-order chi connectivity index (χ1) is 19.9. The van der Waals surface area contributed by atoms with Crippen molar-refractivity contribution >= 4 is 41.2 Å². The van der Waals surface area contributed by atoms with Crippen LogP contribution in [-0.4, -0.2) is 64.4 Å². The normalized spacial score (nSPS) is 18.6. The molecule has 1 fully saturated rings. The van der Waals surface area contributed by atoms with Crippen LogP contribution in [0.4, 0.5) is 0 Å². The van der Waals surface area contributed by atoms with Crippen LogP contribution in [-0.2, 0) is 20.9 Å². The van der Waals surface area contributed by atoms with E-state index in [4.69, 9.17) is 10.5 Å². The third-order valence-electron chi connectivity index (χ3n) is 7.19. The average Bonchev–Trinajstić information content (AvgIpc) is 3.42. The summed E-state index contributed by atoms with van der Waals surface area (Å²) < 4.78 is 7.81. The second-order valence-electron chi connectivity index (χ2n) is 9.81. The van der Waals surface area contributed by atoms with Gasteiger partial charge in [0.2, 0.25) is 5.91 Å². The van der Waals surface area contributed by atoms with Gasteiger partial charge in [-0.05, 0) is 30.5 Å². The molecule has 0 aliphatic carbocycles. The van der Waals surface area contributed by atoms with Crippen molar-refractivity contribution in [2.45, 2.75) is 43.0 Å². The fraction of sp³-hybridized carbons (Fsp3) is 0.276. The largest absolute Gasteiger partial charge is 0.448 e. The lowest BCUT2D eigenvalue weighted by Gasteiger charge is -2.48. The number of hydrogen-bond acceptors (Lipinski definition) is 10. The van der Waals surface area contributed by atoms with Crippen LogP contribution in [0.1, 0.15) is 34.3 Å². The number of aliphatic hydroxyl groups excluding tert-OH is 1. The fourth-order valence-electron chi connectivity index (χ4n) is 4.92. The first-order valence-electron chi connectivity index (χ1n) is 13.1. The Labute approximate surface area is 245 Å². The molecule has 41 heavy (non-hydrogen) atoms. The number of aliphatic hydroxyl groups is 1. The van der Waals surface area contributed by atoms with Crippen molar-refractivity contribution < 1.29 is 19.4 Å². The predicted molar refractivity (Wildman–Crippen MR) is 156 cm³/mol. The number of benzene rings is 2. The number of carbonyl (C=O) groups is 2. The Morgan fingerprint density at radius 3 is 2.41 bits per heavy atom. The van der Waals surface area contributed by atoms with Crippen LogP contribution in [0, 0.1) is 13.8 Å². The fourth-order valence-corrected chi connectivity index (χ4v) is 7.50. The molecule has 12 heteroatoms. The van der Waals surface area contributed by atoms with Crippen molar-refractivity contribution in [2.75, 3.05) is 11.5 Å². The maximum absolute atomic E-state index is 14.0. The zero-order chi connectivity index (χ0) is 28.7. The highest BCUT2D eigenvalue weighted by Gasteiger charge is 2.52. The molecule has 3 N–H and O–H groups in total. The van der Waals surface area contributed by atoms with Gasteiger partial charge < -0.3 is 15.6 Å². The van der Waals surface area contributed by atoms with E-state index in [1.54, 1.807) is 16.3 Å². The summed E-state index contributed by atoms with van der Waals surface area (Å²) in [5.74, 6) is 0.723. The van der Waals surface area contributed by atoms with Gasteiger partial charge in [-0.2, -0.15) is 9.50 Å². The highest BCUT2D eigenvalue weighted by atomic mass is 32.2. The molecule has 1 unspecified atom stereocenters. The maximum Gasteiger partial charge on any atom is 0.356 e. The second-order valence-corrected chi connectivity index (χ2v) is 11.9. The number of nitrogens with two attached hydrogens (primary N) is 1. The van der Waals surface area contributed by atoms with E-state index in [-0.39, 0.29) is 29.4 Å². The summed E-state index contributed by atoms with van der Waals surface area (Å²) in [5, 5.41) is 14.4. The molecule has 6 rings (SSSR count). The number of aromatic nitrogens is 4. The number of hydrogen-bond donors (Lipinski definition) is 2. The molecule has 10 nitrogen and oxygen atoms in total. The smallest absolute Gasteiger partial charge is 0.356 e. The van der Waals surface area contributed by atoms with E-state index in [1.807, 2.05) is 74.5 Å².